The van der Waals surface area contributed by atoms with Gasteiger partial charge in [0.15, 0.2) is 11.0 Å². The second-order valence-electron chi connectivity index (χ2n) is 6.38. The van der Waals surface area contributed by atoms with Crippen LogP contribution in [0.3, 0.4) is 0 Å². The van der Waals surface area contributed by atoms with Crippen LogP contribution in [0.1, 0.15) is 37.7 Å². The lowest BCUT2D eigenvalue weighted by molar-refractivity contribution is 0.376. The highest BCUT2D eigenvalue weighted by molar-refractivity contribution is 7.99. The first-order valence-electron chi connectivity index (χ1n) is 8.22. The molecule has 2 aromatic heterocycles. The van der Waals surface area contributed by atoms with Gasteiger partial charge >= 0.3 is 0 Å². The molecule has 3 rings (SSSR count). The van der Waals surface area contributed by atoms with Crippen LogP contribution >= 0.6 is 11.8 Å². The van der Waals surface area contributed by atoms with E-state index in [9.17, 15) is 4.39 Å². The molecular weight excluding hydrogens is 339 g/mol. The van der Waals surface area contributed by atoms with Gasteiger partial charge in [0.05, 0.1) is 17.1 Å². The minimum absolute atomic E-state index is 0.00409. The first kappa shape index (κ1) is 17.7. The molecule has 1 aromatic carbocycles. The second kappa shape index (κ2) is 7.39. The minimum atomic E-state index is -0.242. The van der Waals surface area contributed by atoms with E-state index in [1.54, 1.807) is 30.8 Å². The van der Waals surface area contributed by atoms with Gasteiger partial charge in [-0.3, -0.25) is 0 Å². The summed E-state index contributed by atoms with van der Waals surface area (Å²) in [5, 5.41) is 4.73. The van der Waals surface area contributed by atoms with Crippen LogP contribution in [0.25, 0.3) is 11.3 Å². The molecule has 0 saturated carbocycles. The molecule has 132 valence electrons. The third-order valence-corrected chi connectivity index (χ3v) is 4.77. The molecule has 0 amide bonds. The van der Waals surface area contributed by atoms with Gasteiger partial charge in [0, 0.05) is 6.54 Å². The van der Waals surface area contributed by atoms with Crippen molar-refractivity contribution < 1.29 is 8.91 Å². The fraction of sp³-hybridized carbons (Fsp3) is 0.389. The maximum Gasteiger partial charge on any atom is 0.239 e. The van der Waals surface area contributed by atoms with E-state index >= 15 is 0 Å². The Bertz CT molecular complexity index is 841. The molecule has 1 atom stereocenters. The Hall–Kier alpha value is -2.15. The van der Waals surface area contributed by atoms with Crippen molar-refractivity contribution >= 4 is 11.8 Å². The van der Waals surface area contributed by atoms with E-state index in [1.165, 1.54) is 12.1 Å². The lowest BCUT2D eigenvalue weighted by atomic mass is 10.1. The number of thioether (sulfide) groups is 1. The molecule has 0 radical (unpaired) electrons. The highest BCUT2D eigenvalue weighted by atomic mass is 32.2. The molecule has 0 bridgehead atoms. The number of hydrogen-bond acceptors (Lipinski definition) is 5. The zero-order chi connectivity index (χ0) is 18.0. The molecular formula is C18H21FN4OS. The van der Waals surface area contributed by atoms with Crippen molar-refractivity contribution in [3.8, 4) is 11.3 Å². The van der Waals surface area contributed by atoms with Gasteiger partial charge in [-0.1, -0.05) is 30.8 Å². The molecule has 0 fully saturated rings. The Morgan fingerprint density at radius 3 is 2.52 bits per heavy atom. The first-order valence-corrected chi connectivity index (χ1v) is 9.10. The fourth-order valence-electron chi connectivity index (χ4n) is 2.53. The summed E-state index contributed by atoms with van der Waals surface area (Å²) in [7, 11) is 0. The summed E-state index contributed by atoms with van der Waals surface area (Å²) in [6.45, 7) is 8.96. The molecule has 5 nitrogen and oxygen atoms in total. The average molecular weight is 360 g/mol. The van der Waals surface area contributed by atoms with E-state index in [2.05, 4.69) is 33.5 Å². The number of halogens is 1. The maximum atomic E-state index is 13.2. The summed E-state index contributed by atoms with van der Waals surface area (Å²) in [6.07, 6.45) is 1.84. The van der Waals surface area contributed by atoms with E-state index in [-0.39, 0.29) is 11.1 Å². The Labute approximate surface area is 150 Å². The lowest BCUT2D eigenvalue weighted by Crippen LogP contribution is -2.08. The smallest absolute Gasteiger partial charge is 0.239 e. The average Bonchev–Trinajstić information content (AvgIpc) is 3.15. The maximum absolute atomic E-state index is 13.2. The highest BCUT2D eigenvalue weighted by Gasteiger charge is 2.20. The monoisotopic (exact) mass is 360 g/mol. The van der Waals surface area contributed by atoms with E-state index in [4.69, 9.17) is 4.52 Å². The van der Waals surface area contributed by atoms with Crippen LogP contribution in [0.5, 0.6) is 0 Å². The first-order chi connectivity index (χ1) is 11.9. The Morgan fingerprint density at radius 2 is 1.92 bits per heavy atom. The molecule has 0 N–H and O–H groups in total. The van der Waals surface area contributed by atoms with E-state index in [1.807, 2.05) is 13.1 Å². The Morgan fingerprint density at radius 1 is 1.20 bits per heavy atom. The number of aromatic nitrogens is 4. The van der Waals surface area contributed by atoms with Gasteiger partial charge in [-0.15, -0.1) is 0 Å². The van der Waals surface area contributed by atoms with Crippen LogP contribution in [0.4, 0.5) is 4.39 Å². The van der Waals surface area contributed by atoms with Crippen molar-refractivity contribution in [3.05, 3.63) is 48.0 Å². The summed E-state index contributed by atoms with van der Waals surface area (Å²) in [4.78, 5) is 8.88. The molecule has 25 heavy (non-hydrogen) atoms. The number of benzene rings is 1. The minimum Gasteiger partial charge on any atom is -0.338 e. The van der Waals surface area contributed by atoms with Crippen LogP contribution in [-0.2, 0) is 6.54 Å². The lowest BCUT2D eigenvalue weighted by Gasteiger charge is -2.15. The molecule has 0 aliphatic rings. The highest BCUT2D eigenvalue weighted by Crippen LogP contribution is 2.36. The van der Waals surface area contributed by atoms with Gasteiger partial charge in [-0.25, -0.2) is 9.37 Å². The third kappa shape index (κ3) is 4.10. The second-order valence-corrected chi connectivity index (χ2v) is 7.69. The van der Waals surface area contributed by atoms with Crippen LogP contribution < -0.4 is 0 Å². The molecule has 0 saturated heterocycles. The molecule has 0 unspecified atom stereocenters. The van der Waals surface area contributed by atoms with Crippen LogP contribution in [0.2, 0.25) is 0 Å². The topological polar surface area (TPSA) is 56.7 Å². The number of hydrogen-bond donors (Lipinski definition) is 0. The third-order valence-electron chi connectivity index (χ3n) is 3.68. The molecule has 0 aliphatic heterocycles. The number of imidazole rings is 1. The predicted octanol–water partition coefficient (Wildman–Crippen LogP) is 4.89. The Balaban J connectivity index is 1.92. The zero-order valence-corrected chi connectivity index (χ0v) is 15.5. The molecule has 3 aromatic rings. The summed E-state index contributed by atoms with van der Waals surface area (Å²) in [5.41, 5.74) is 1.92. The van der Waals surface area contributed by atoms with Crippen molar-refractivity contribution in [2.75, 3.05) is 0 Å². The normalized spacial score (nSPS) is 12.7. The van der Waals surface area contributed by atoms with Crippen LogP contribution in [-0.4, -0.2) is 19.7 Å². The zero-order valence-electron chi connectivity index (χ0n) is 14.7. The summed E-state index contributed by atoms with van der Waals surface area (Å²) >= 11 is 1.58. The number of nitrogens with zero attached hydrogens (tertiary/aromatic N) is 4. The fourth-order valence-corrected chi connectivity index (χ4v) is 3.46. The van der Waals surface area contributed by atoms with Crippen molar-refractivity contribution in [2.45, 2.75) is 44.6 Å². The predicted molar refractivity (Wildman–Crippen MR) is 95.8 cm³/mol. The molecule has 2 heterocycles. The summed E-state index contributed by atoms with van der Waals surface area (Å²) in [5.74, 6) is 1.42. The summed E-state index contributed by atoms with van der Waals surface area (Å²) < 4.78 is 20.7. The van der Waals surface area contributed by atoms with Crippen molar-refractivity contribution in [3.63, 3.8) is 0 Å². The van der Waals surface area contributed by atoms with E-state index < -0.39 is 0 Å². The quantitative estimate of drug-likeness (QED) is 0.586. The van der Waals surface area contributed by atoms with E-state index in [0.717, 1.165) is 23.0 Å². The van der Waals surface area contributed by atoms with E-state index in [0.29, 0.717) is 17.6 Å². The van der Waals surface area contributed by atoms with Crippen LogP contribution in [0.15, 0.2) is 40.1 Å². The largest absolute Gasteiger partial charge is 0.338 e. The molecule has 7 heteroatoms. The molecule has 0 aliphatic carbocycles. The van der Waals surface area contributed by atoms with Crippen LogP contribution in [0, 0.1) is 18.7 Å². The Kier molecular flexibility index (Phi) is 5.22. The standard InChI is InChI=1S/C18H21FN4OS/c1-11(2)10-23-16(14-5-7-15(19)8-6-14)9-20-18(23)25-12(3)17-21-13(4)22-24-17/h5-9,11-12H,10H2,1-4H3/t12-/m1/s1. The van der Waals surface area contributed by atoms with Gasteiger partial charge in [-0.05, 0) is 49.6 Å². The molecule has 0 spiro atoms. The number of aryl methyl sites for hydroxylation is 1. The van der Waals surface area contributed by atoms with Gasteiger partial charge < -0.3 is 9.09 Å². The summed E-state index contributed by atoms with van der Waals surface area (Å²) in [6, 6.07) is 6.50. The van der Waals surface area contributed by atoms with Gasteiger partial charge in [-0.2, -0.15) is 4.98 Å². The van der Waals surface area contributed by atoms with Gasteiger partial charge in [0.25, 0.3) is 0 Å². The van der Waals surface area contributed by atoms with Gasteiger partial charge in [0.2, 0.25) is 5.89 Å². The van der Waals surface area contributed by atoms with Gasteiger partial charge in [0.1, 0.15) is 5.82 Å². The van der Waals surface area contributed by atoms with Crippen molar-refractivity contribution in [1.82, 2.24) is 19.7 Å². The number of rotatable bonds is 6. The SMILES string of the molecule is Cc1noc([C@@H](C)Sc2ncc(-c3ccc(F)cc3)n2CC(C)C)n1. The van der Waals surface area contributed by atoms with Crippen molar-refractivity contribution in [1.29, 1.82) is 0 Å². The van der Waals surface area contributed by atoms with Crippen molar-refractivity contribution in [2.24, 2.45) is 5.92 Å².